The number of anilines is 1. The van der Waals surface area contributed by atoms with Gasteiger partial charge < -0.3 is 10.2 Å². The minimum atomic E-state index is -3.73. The number of hydrogen-bond acceptors (Lipinski definition) is 5. The fourth-order valence-corrected chi connectivity index (χ4v) is 2.67. The third-order valence-corrected chi connectivity index (χ3v) is 3.76. The van der Waals surface area contributed by atoms with Gasteiger partial charge in [0.1, 0.15) is 10.7 Å². The second kappa shape index (κ2) is 4.59. The van der Waals surface area contributed by atoms with Gasteiger partial charge in [-0.1, -0.05) is 0 Å². The number of rotatable bonds is 2. The molecule has 1 aliphatic heterocycles. The second-order valence-corrected chi connectivity index (χ2v) is 5.65. The van der Waals surface area contributed by atoms with E-state index >= 15 is 0 Å². The van der Waals surface area contributed by atoms with Crippen LogP contribution in [0, 0.1) is 0 Å². The van der Waals surface area contributed by atoms with E-state index in [9.17, 15) is 8.42 Å². The lowest BCUT2D eigenvalue weighted by Gasteiger charge is -2.35. The zero-order valence-electron chi connectivity index (χ0n) is 9.63. The molecule has 1 aromatic rings. The molecule has 1 atom stereocenters. The van der Waals surface area contributed by atoms with E-state index in [1.165, 1.54) is 6.07 Å². The van der Waals surface area contributed by atoms with Gasteiger partial charge >= 0.3 is 0 Å². The summed E-state index contributed by atoms with van der Waals surface area (Å²) in [5, 5.41) is 8.44. The van der Waals surface area contributed by atoms with Crippen molar-refractivity contribution >= 4 is 15.8 Å². The number of nitrogens with two attached hydrogens (primary N) is 1. The minimum absolute atomic E-state index is 0.0914. The molecule has 1 fully saturated rings. The van der Waals surface area contributed by atoms with Crippen molar-refractivity contribution in [3.05, 3.63) is 18.3 Å². The minimum Gasteiger partial charge on any atom is -0.350 e. The molecule has 2 heterocycles. The zero-order chi connectivity index (χ0) is 12.5. The van der Waals surface area contributed by atoms with Gasteiger partial charge in [-0.3, -0.25) is 0 Å². The molecule has 0 saturated carbocycles. The summed E-state index contributed by atoms with van der Waals surface area (Å²) < 4.78 is 23.0. The van der Waals surface area contributed by atoms with Gasteiger partial charge in [0.25, 0.3) is 0 Å². The molecular formula is C10H16N4O2S. The molecule has 0 bridgehead atoms. The van der Waals surface area contributed by atoms with Crippen molar-refractivity contribution in [3.8, 4) is 0 Å². The average molecular weight is 256 g/mol. The summed E-state index contributed by atoms with van der Waals surface area (Å²) in [6.45, 7) is 4.36. The molecule has 0 unspecified atom stereocenters. The van der Waals surface area contributed by atoms with E-state index in [4.69, 9.17) is 5.14 Å². The number of hydrogen-bond donors (Lipinski definition) is 2. The highest BCUT2D eigenvalue weighted by Crippen LogP contribution is 2.23. The standard InChI is InChI=1S/C10H16N4O2S/c1-8-7-12-5-6-14(8)10-9(17(11,15)16)3-2-4-13-10/h2-4,8,12H,5-7H2,1H3,(H2,11,15,16)/t8-/m1/s1. The zero-order valence-corrected chi connectivity index (χ0v) is 10.4. The molecule has 1 aromatic heterocycles. The number of primary sulfonamides is 1. The molecule has 94 valence electrons. The Labute approximate surface area is 101 Å². The Morgan fingerprint density at radius 3 is 3.00 bits per heavy atom. The lowest BCUT2D eigenvalue weighted by molar-refractivity contribution is 0.493. The van der Waals surface area contributed by atoms with Crippen LogP contribution in [0.4, 0.5) is 5.82 Å². The molecule has 17 heavy (non-hydrogen) atoms. The Morgan fingerprint density at radius 1 is 1.59 bits per heavy atom. The van der Waals surface area contributed by atoms with Crippen LogP contribution in [0.25, 0.3) is 0 Å². The van der Waals surface area contributed by atoms with Gasteiger partial charge in [-0.15, -0.1) is 0 Å². The average Bonchev–Trinajstić information content (AvgIpc) is 2.28. The van der Waals surface area contributed by atoms with Gasteiger partial charge in [0.15, 0.2) is 0 Å². The number of pyridine rings is 1. The molecule has 1 aliphatic rings. The van der Waals surface area contributed by atoms with Gasteiger partial charge in [0.05, 0.1) is 0 Å². The van der Waals surface area contributed by atoms with E-state index in [0.29, 0.717) is 5.82 Å². The van der Waals surface area contributed by atoms with Crippen LogP contribution in [0.2, 0.25) is 0 Å². The molecule has 0 aliphatic carbocycles. The fourth-order valence-electron chi connectivity index (χ4n) is 1.98. The van der Waals surface area contributed by atoms with E-state index in [1.807, 2.05) is 11.8 Å². The highest BCUT2D eigenvalue weighted by Gasteiger charge is 2.25. The second-order valence-electron chi connectivity index (χ2n) is 4.12. The van der Waals surface area contributed by atoms with Crippen molar-refractivity contribution in [1.29, 1.82) is 0 Å². The Morgan fingerprint density at radius 2 is 2.35 bits per heavy atom. The molecular weight excluding hydrogens is 240 g/mol. The maximum Gasteiger partial charge on any atom is 0.241 e. The quantitative estimate of drug-likeness (QED) is 0.746. The Bertz CT molecular complexity index is 503. The first-order valence-corrected chi connectivity index (χ1v) is 7.00. The maximum atomic E-state index is 11.5. The van der Waals surface area contributed by atoms with Gasteiger partial charge in [0.2, 0.25) is 10.0 Å². The number of nitrogens with one attached hydrogen (secondary N) is 1. The molecule has 0 amide bonds. The van der Waals surface area contributed by atoms with Crippen LogP contribution >= 0.6 is 0 Å². The van der Waals surface area contributed by atoms with Crippen molar-refractivity contribution < 1.29 is 8.42 Å². The third-order valence-electron chi connectivity index (χ3n) is 2.83. The monoisotopic (exact) mass is 256 g/mol. The van der Waals surface area contributed by atoms with Gasteiger partial charge in [-0.25, -0.2) is 18.5 Å². The predicted molar refractivity (Wildman–Crippen MR) is 65.3 cm³/mol. The van der Waals surface area contributed by atoms with Crippen LogP contribution in [-0.4, -0.2) is 39.1 Å². The number of piperazine rings is 1. The fraction of sp³-hybridized carbons (Fsp3) is 0.500. The van der Waals surface area contributed by atoms with Crippen molar-refractivity contribution in [2.45, 2.75) is 17.9 Å². The highest BCUT2D eigenvalue weighted by molar-refractivity contribution is 7.89. The molecule has 6 nitrogen and oxygen atoms in total. The Kier molecular flexibility index (Phi) is 3.32. The molecule has 2 rings (SSSR count). The normalized spacial score (nSPS) is 21.5. The van der Waals surface area contributed by atoms with Crippen molar-refractivity contribution in [2.24, 2.45) is 5.14 Å². The number of aromatic nitrogens is 1. The summed E-state index contributed by atoms with van der Waals surface area (Å²) in [4.78, 5) is 6.22. The molecule has 1 saturated heterocycles. The number of sulfonamides is 1. The molecule has 7 heteroatoms. The number of nitrogens with zero attached hydrogens (tertiary/aromatic N) is 2. The highest BCUT2D eigenvalue weighted by atomic mass is 32.2. The van der Waals surface area contributed by atoms with Crippen LogP contribution in [-0.2, 0) is 10.0 Å². The lowest BCUT2D eigenvalue weighted by Crippen LogP contribution is -2.50. The van der Waals surface area contributed by atoms with Crippen molar-refractivity contribution in [3.63, 3.8) is 0 Å². The van der Waals surface area contributed by atoms with E-state index in [1.54, 1.807) is 12.3 Å². The maximum absolute atomic E-state index is 11.5. The van der Waals surface area contributed by atoms with Crippen molar-refractivity contribution in [1.82, 2.24) is 10.3 Å². The summed E-state index contributed by atoms with van der Waals surface area (Å²) in [5.74, 6) is 0.448. The van der Waals surface area contributed by atoms with E-state index in [-0.39, 0.29) is 10.9 Å². The smallest absolute Gasteiger partial charge is 0.241 e. The first kappa shape index (κ1) is 12.3. The van der Waals surface area contributed by atoms with Crippen LogP contribution in [0.1, 0.15) is 6.92 Å². The topological polar surface area (TPSA) is 88.3 Å². The van der Waals surface area contributed by atoms with Crippen molar-refractivity contribution in [2.75, 3.05) is 24.5 Å². The van der Waals surface area contributed by atoms with Crippen LogP contribution in [0.5, 0.6) is 0 Å². The van der Waals surface area contributed by atoms with Crippen LogP contribution in [0.15, 0.2) is 23.2 Å². The molecule has 3 N–H and O–H groups in total. The lowest BCUT2D eigenvalue weighted by atomic mass is 10.2. The first-order chi connectivity index (χ1) is 8.00. The van der Waals surface area contributed by atoms with Gasteiger partial charge in [-0.2, -0.15) is 0 Å². The van der Waals surface area contributed by atoms with Crippen LogP contribution < -0.4 is 15.4 Å². The summed E-state index contributed by atoms with van der Waals surface area (Å²) in [5.41, 5.74) is 0. The van der Waals surface area contributed by atoms with Gasteiger partial charge in [-0.05, 0) is 19.1 Å². The van der Waals surface area contributed by atoms with E-state index < -0.39 is 10.0 Å². The summed E-state index contributed by atoms with van der Waals surface area (Å²) in [7, 11) is -3.73. The van der Waals surface area contributed by atoms with Crippen LogP contribution in [0.3, 0.4) is 0 Å². The summed E-state index contributed by atoms with van der Waals surface area (Å²) in [6, 6.07) is 3.27. The predicted octanol–water partition coefficient (Wildman–Crippen LogP) is -0.473. The van der Waals surface area contributed by atoms with Gasteiger partial charge in [0, 0.05) is 31.9 Å². The Hall–Kier alpha value is -1.18. The van der Waals surface area contributed by atoms with E-state index in [2.05, 4.69) is 10.3 Å². The Balaban J connectivity index is 2.44. The molecule has 0 radical (unpaired) electrons. The molecule has 0 aromatic carbocycles. The molecule has 0 spiro atoms. The SMILES string of the molecule is C[C@@H]1CNCCN1c1ncccc1S(N)(=O)=O. The summed E-state index contributed by atoms with van der Waals surface area (Å²) >= 11 is 0. The first-order valence-electron chi connectivity index (χ1n) is 5.45. The van der Waals surface area contributed by atoms with E-state index in [0.717, 1.165) is 19.6 Å². The largest absolute Gasteiger partial charge is 0.350 e. The third kappa shape index (κ3) is 2.56. The summed E-state index contributed by atoms with van der Waals surface area (Å²) in [6.07, 6.45) is 1.58.